The van der Waals surface area contributed by atoms with Gasteiger partial charge < -0.3 is 20.7 Å². The van der Waals surface area contributed by atoms with Gasteiger partial charge in [-0.05, 0) is 31.0 Å². The Labute approximate surface area is 176 Å². The van der Waals surface area contributed by atoms with E-state index in [-0.39, 0.29) is 36.1 Å². The SMILES string of the molecule is O=C1C[C@H](C(=O)Nc2ccc3nc(SCC(=O)N[C@@H]4CCOC4)sc3c2)CCN1. The van der Waals surface area contributed by atoms with Crippen LogP contribution in [0.1, 0.15) is 19.3 Å². The third-order valence-electron chi connectivity index (χ3n) is 4.88. The number of nitrogens with one attached hydrogen (secondary N) is 3. The highest BCUT2D eigenvalue weighted by Gasteiger charge is 2.25. The van der Waals surface area contributed by atoms with Crippen LogP contribution in [0.3, 0.4) is 0 Å². The molecule has 3 heterocycles. The van der Waals surface area contributed by atoms with E-state index in [0.717, 1.165) is 21.0 Å². The summed E-state index contributed by atoms with van der Waals surface area (Å²) < 4.78 is 7.01. The predicted molar refractivity (Wildman–Crippen MR) is 112 cm³/mol. The van der Waals surface area contributed by atoms with E-state index in [0.29, 0.717) is 37.6 Å². The number of amides is 3. The van der Waals surface area contributed by atoms with Crippen LogP contribution >= 0.6 is 23.1 Å². The van der Waals surface area contributed by atoms with Crippen LogP contribution in [0.15, 0.2) is 22.5 Å². The third kappa shape index (κ3) is 5.26. The van der Waals surface area contributed by atoms with Crippen LogP contribution in [0, 0.1) is 5.92 Å². The molecule has 2 aliphatic heterocycles. The second-order valence-corrected chi connectivity index (χ2v) is 9.36. The van der Waals surface area contributed by atoms with E-state index in [1.54, 1.807) is 0 Å². The first kappa shape index (κ1) is 20.1. The molecular weight excluding hydrogens is 412 g/mol. The van der Waals surface area contributed by atoms with Gasteiger partial charge in [0.05, 0.1) is 28.6 Å². The maximum atomic E-state index is 12.4. The number of piperidine rings is 1. The zero-order valence-corrected chi connectivity index (χ0v) is 17.4. The number of nitrogens with zero attached hydrogens (tertiary/aromatic N) is 1. The number of thiazole rings is 1. The number of benzene rings is 1. The van der Waals surface area contributed by atoms with E-state index in [9.17, 15) is 14.4 Å². The summed E-state index contributed by atoms with van der Waals surface area (Å²) in [6.07, 6.45) is 1.73. The highest BCUT2D eigenvalue weighted by atomic mass is 32.2. The number of rotatable bonds is 6. The predicted octanol–water partition coefficient (Wildman–Crippen LogP) is 1.76. The Morgan fingerprint density at radius 2 is 2.24 bits per heavy atom. The Kier molecular flexibility index (Phi) is 6.31. The summed E-state index contributed by atoms with van der Waals surface area (Å²) in [5, 5.41) is 8.60. The lowest BCUT2D eigenvalue weighted by atomic mass is 9.96. The number of fused-ring (bicyclic) bond motifs is 1. The van der Waals surface area contributed by atoms with Gasteiger partial charge in [0.1, 0.15) is 0 Å². The van der Waals surface area contributed by atoms with Crippen LogP contribution in [-0.2, 0) is 19.1 Å². The summed E-state index contributed by atoms with van der Waals surface area (Å²) >= 11 is 2.89. The van der Waals surface area contributed by atoms with Crippen molar-refractivity contribution in [2.75, 3.05) is 30.8 Å². The summed E-state index contributed by atoms with van der Waals surface area (Å²) in [6, 6.07) is 5.66. The largest absolute Gasteiger partial charge is 0.379 e. The van der Waals surface area contributed by atoms with E-state index in [4.69, 9.17) is 4.74 Å². The first-order valence-electron chi connectivity index (χ1n) is 9.55. The fourth-order valence-corrected chi connectivity index (χ4v) is 5.26. The molecule has 0 saturated carbocycles. The number of anilines is 1. The van der Waals surface area contributed by atoms with Crippen molar-refractivity contribution in [1.82, 2.24) is 15.6 Å². The highest BCUT2D eigenvalue weighted by molar-refractivity contribution is 8.01. The number of carbonyl (C=O) groups excluding carboxylic acids is 3. The van der Waals surface area contributed by atoms with Crippen LogP contribution in [-0.4, -0.2) is 54.3 Å². The fraction of sp³-hybridized carbons (Fsp3) is 0.474. The first-order chi connectivity index (χ1) is 14.1. The Balaban J connectivity index is 1.34. The molecule has 10 heteroatoms. The van der Waals surface area contributed by atoms with Gasteiger partial charge in [-0.2, -0.15) is 0 Å². The number of hydrogen-bond donors (Lipinski definition) is 3. The van der Waals surface area contributed by atoms with E-state index >= 15 is 0 Å². The van der Waals surface area contributed by atoms with E-state index in [1.807, 2.05) is 18.2 Å². The summed E-state index contributed by atoms with van der Waals surface area (Å²) in [5.74, 6) is -0.222. The number of thioether (sulfide) groups is 1. The lowest BCUT2D eigenvalue weighted by molar-refractivity contribution is -0.129. The topological polar surface area (TPSA) is 109 Å². The van der Waals surface area contributed by atoms with Crippen LogP contribution in [0.25, 0.3) is 10.2 Å². The quantitative estimate of drug-likeness (QED) is 0.598. The Hall–Kier alpha value is -2.17. The van der Waals surface area contributed by atoms with Gasteiger partial charge in [0.2, 0.25) is 17.7 Å². The van der Waals surface area contributed by atoms with Crippen LogP contribution in [0.2, 0.25) is 0 Å². The van der Waals surface area contributed by atoms with E-state index < -0.39 is 0 Å². The van der Waals surface area contributed by atoms with Gasteiger partial charge in [0.25, 0.3) is 0 Å². The minimum atomic E-state index is -0.296. The van der Waals surface area contributed by atoms with Crippen molar-refractivity contribution in [3.8, 4) is 0 Å². The first-order valence-corrected chi connectivity index (χ1v) is 11.3. The summed E-state index contributed by atoms with van der Waals surface area (Å²) in [5.41, 5.74) is 1.52. The standard InChI is InChI=1S/C19H22N4O4S2/c24-16-7-11(3-5-20-16)18(26)22-12-1-2-14-15(8-12)29-19(23-14)28-10-17(25)21-13-4-6-27-9-13/h1-2,8,11,13H,3-7,9-10H2,(H,20,24)(H,21,25)(H,22,26)/t11-,13-/m1/s1. The monoisotopic (exact) mass is 434 g/mol. The van der Waals surface area contributed by atoms with Gasteiger partial charge >= 0.3 is 0 Å². The molecule has 1 aromatic carbocycles. The molecule has 2 aromatic rings. The molecule has 0 bridgehead atoms. The number of aromatic nitrogens is 1. The maximum absolute atomic E-state index is 12.4. The molecule has 29 heavy (non-hydrogen) atoms. The van der Waals surface area contributed by atoms with Crippen molar-refractivity contribution in [3.63, 3.8) is 0 Å². The average Bonchev–Trinajstić information content (AvgIpc) is 3.35. The molecule has 8 nitrogen and oxygen atoms in total. The molecule has 2 atom stereocenters. The second-order valence-electron chi connectivity index (χ2n) is 7.11. The normalized spacial score (nSPS) is 21.7. The van der Waals surface area contributed by atoms with Crippen molar-refractivity contribution in [1.29, 1.82) is 0 Å². The van der Waals surface area contributed by atoms with Gasteiger partial charge in [-0.3, -0.25) is 14.4 Å². The molecule has 2 fully saturated rings. The Bertz CT molecular complexity index is 926. The molecule has 3 amide bonds. The molecule has 0 unspecified atom stereocenters. The lowest BCUT2D eigenvalue weighted by Gasteiger charge is -2.21. The van der Waals surface area contributed by atoms with Gasteiger partial charge in [-0.1, -0.05) is 11.8 Å². The average molecular weight is 435 g/mol. The van der Waals surface area contributed by atoms with E-state index in [1.165, 1.54) is 23.1 Å². The number of hydrogen-bond acceptors (Lipinski definition) is 7. The minimum Gasteiger partial charge on any atom is -0.379 e. The molecule has 0 aliphatic carbocycles. The zero-order valence-electron chi connectivity index (χ0n) is 15.7. The number of ether oxygens (including phenoxy) is 1. The molecule has 154 valence electrons. The summed E-state index contributed by atoms with van der Waals surface area (Å²) in [6.45, 7) is 1.81. The Morgan fingerprint density at radius 1 is 1.34 bits per heavy atom. The molecule has 1 aromatic heterocycles. The molecule has 2 aliphatic rings. The van der Waals surface area contributed by atoms with Crippen LogP contribution in [0.5, 0.6) is 0 Å². The molecule has 2 saturated heterocycles. The number of carbonyl (C=O) groups is 3. The van der Waals surface area contributed by atoms with Crippen molar-refractivity contribution in [3.05, 3.63) is 18.2 Å². The Morgan fingerprint density at radius 3 is 3.03 bits per heavy atom. The summed E-state index contributed by atoms with van der Waals surface area (Å²) in [4.78, 5) is 40.5. The molecular formula is C19H22N4O4S2. The lowest BCUT2D eigenvalue weighted by Crippen LogP contribution is -2.38. The maximum Gasteiger partial charge on any atom is 0.230 e. The van der Waals surface area contributed by atoms with Crippen LogP contribution < -0.4 is 16.0 Å². The third-order valence-corrected chi connectivity index (χ3v) is 7.04. The fourth-order valence-electron chi connectivity index (χ4n) is 3.34. The molecule has 3 N–H and O–H groups in total. The summed E-state index contributed by atoms with van der Waals surface area (Å²) in [7, 11) is 0. The van der Waals surface area contributed by atoms with Crippen molar-refractivity contribution >= 4 is 56.7 Å². The van der Waals surface area contributed by atoms with Gasteiger partial charge in [-0.25, -0.2) is 4.98 Å². The van der Waals surface area contributed by atoms with E-state index in [2.05, 4.69) is 20.9 Å². The van der Waals surface area contributed by atoms with Gasteiger partial charge in [0.15, 0.2) is 4.34 Å². The smallest absolute Gasteiger partial charge is 0.230 e. The zero-order chi connectivity index (χ0) is 20.2. The van der Waals surface area contributed by atoms with Crippen molar-refractivity contribution < 1.29 is 19.1 Å². The molecule has 0 spiro atoms. The van der Waals surface area contributed by atoms with Crippen LogP contribution in [0.4, 0.5) is 5.69 Å². The highest BCUT2D eigenvalue weighted by Crippen LogP contribution is 2.31. The minimum absolute atomic E-state index is 0.0192. The molecule has 4 rings (SSSR count). The van der Waals surface area contributed by atoms with Gasteiger partial charge in [0, 0.05) is 31.2 Å². The van der Waals surface area contributed by atoms with Crippen molar-refractivity contribution in [2.24, 2.45) is 5.92 Å². The second kappa shape index (κ2) is 9.10. The molecule has 0 radical (unpaired) electrons. The van der Waals surface area contributed by atoms with Crippen molar-refractivity contribution in [2.45, 2.75) is 29.6 Å². The van der Waals surface area contributed by atoms with Gasteiger partial charge in [-0.15, -0.1) is 11.3 Å².